The average Bonchev–Trinajstić information content (AvgIpc) is 2.79. The van der Waals surface area contributed by atoms with Gasteiger partial charge in [0.1, 0.15) is 5.69 Å². The molecule has 0 fully saturated rings. The number of aromatic carboxylic acids is 1. The van der Waals surface area contributed by atoms with Crippen LogP contribution in [-0.4, -0.2) is 26.8 Å². The number of amides is 1. The first-order chi connectivity index (χ1) is 9.92. The van der Waals surface area contributed by atoms with Gasteiger partial charge in [-0.1, -0.05) is 18.5 Å². The third-order valence-electron chi connectivity index (χ3n) is 2.98. The highest BCUT2D eigenvalue weighted by Gasteiger charge is 2.14. The monoisotopic (exact) mass is 307 g/mol. The Morgan fingerprint density at radius 3 is 2.62 bits per heavy atom. The van der Waals surface area contributed by atoms with Crippen molar-refractivity contribution in [3.8, 4) is 0 Å². The molecule has 0 saturated heterocycles. The van der Waals surface area contributed by atoms with Crippen molar-refractivity contribution in [1.29, 1.82) is 0 Å². The second kappa shape index (κ2) is 5.97. The van der Waals surface area contributed by atoms with Crippen LogP contribution in [0.4, 0.5) is 5.69 Å². The minimum absolute atomic E-state index is 0.0107. The van der Waals surface area contributed by atoms with Crippen molar-refractivity contribution in [2.75, 3.05) is 5.32 Å². The molecule has 1 heterocycles. The maximum absolute atomic E-state index is 12.2. The number of aromatic nitrogens is 2. The number of nitrogens with zero attached hydrogens (tertiary/aromatic N) is 2. The lowest BCUT2D eigenvalue weighted by Gasteiger charge is -2.07. The Morgan fingerprint density at radius 2 is 2.10 bits per heavy atom. The summed E-state index contributed by atoms with van der Waals surface area (Å²) in [5.74, 6) is -1.44. The highest BCUT2D eigenvalue weighted by molar-refractivity contribution is 6.33. The van der Waals surface area contributed by atoms with Crippen LogP contribution >= 0.6 is 11.6 Å². The van der Waals surface area contributed by atoms with E-state index in [2.05, 4.69) is 10.4 Å². The van der Waals surface area contributed by atoms with E-state index >= 15 is 0 Å². The zero-order valence-electron chi connectivity index (χ0n) is 11.6. The molecule has 2 rings (SSSR count). The Labute approximate surface area is 126 Å². The fourth-order valence-corrected chi connectivity index (χ4v) is 2.13. The number of hydrogen-bond donors (Lipinski definition) is 2. The molecule has 7 heteroatoms. The molecule has 0 aliphatic carbocycles. The SMILES string of the molecule is CCc1cc(C(=O)Nc2ccc(C(=O)O)c(Cl)c2)n(C)n1. The quantitative estimate of drug-likeness (QED) is 0.909. The van der Waals surface area contributed by atoms with E-state index in [1.807, 2.05) is 6.92 Å². The van der Waals surface area contributed by atoms with Crippen molar-refractivity contribution in [3.05, 3.63) is 46.2 Å². The predicted molar refractivity (Wildman–Crippen MR) is 79.0 cm³/mol. The molecule has 1 amide bonds. The first kappa shape index (κ1) is 15.1. The first-order valence-corrected chi connectivity index (χ1v) is 6.67. The van der Waals surface area contributed by atoms with Gasteiger partial charge < -0.3 is 10.4 Å². The van der Waals surface area contributed by atoms with Gasteiger partial charge in [0.25, 0.3) is 5.91 Å². The summed E-state index contributed by atoms with van der Waals surface area (Å²) in [5, 5.41) is 15.8. The molecule has 6 nitrogen and oxygen atoms in total. The minimum Gasteiger partial charge on any atom is -0.478 e. The number of aryl methyl sites for hydroxylation is 2. The Hall–Kier alpha value is -2.34. The van der Waals surface area contributed by atoms with Crippen LogP contribution in [0.25, 0.3) is 0 Å². The molecule has 110 valence electrons. The van der Waals surface area contributed by atoms with Crippen molar-refractivity contribution in [1.82, 2.24) is 9.78 Å². The first-order valence-electron chi connectivity index (χ1n) is 6.29. The van der Waals surface area contributed by atoms with E-state index in [-0.39, 0.29) is 16.5 Å². The number of anilines is 1. The summed E-state index contributed by atoms with van der Waals surface area (Å²) >= 11 is 5.86. The maximum Gasteiger partial charge on any atom is 0.337 e. The zero-order valence-corrected chi connectivity index (χ0v) is 12.3. The van der Waals surface area contributed by atoms with Crippen LogP contribution in [0.15, 0.2) is 24.3 Å². The van der Waals surface area contributed by atoms with Crippen LogP contribution in [0.3, 0.4) is 0 Å². The Morgan fingerprint density at radius 1 is 1.38 bits per heavy atom. The Balaban J connectivity index is 2.21. The molecule has 2 N–H and O–H groups in total. The van der Waals surface area contributed by atoms with Gasteiger partial charge in [-0.05, 0) is 30.7 Å². The molecule has 2 aromatic rings. The van der Waals surface area contributed by atoms with E-state index in [4.69, 9.17) is 16.7 Å². The summed E-state index contributed by atoms with van der Waals surface area (Å²) in [6.45, 7) is 1.95. The molecular formula is C14H14ClN3O3. The number of rotatable bonds is 4. The van der Waals surface area contributed by atoms with Gasteiger partial charge in [0.15, 0.2) is 0 Å². The molecule has 0 unspecified atom stereocenters. The number of carbonyl (C=O) groups excluding carboxylic acids is 1. The lowest BCUT2D eigenvalue weighted by atomic mass is 10.2. The van der Waals surface area contributed by atoms with Crippen LogP contribution in [0, 0.1) is 0 Å². The van der Waals surface area contributed by atoms with E-state index in [0.29, 0.717) is 11.4 Å². The second-order valence-corrected chi connectivity index (χ2v) is 4.86. The standard InChI is InChI=1S/C14H14ClN3O3/c1-3-8-7-12(18(2)17-8)13(19)16-9-4-5-10(14(20)21)11(15)6-9/h4-7H,3H2,1-2H3,(H,16,19)(H,20,21). The fraction of sp³-hybridized carbons (Fsp3) is 0.214. The zero-order chi connectivity index (χ0) is 15.6. The fourth-order valence-electron chi connectivity index (χ4n) is 1.87. The highest BCUT2D eigenvalue weighted by Crippen LogP contribution is 2.21. The lowest BCUT2D eigenvalue weighted by molar-refractivity contribution is 0.0697. The van der Waals surface area contributed by atoms with Crippen molar-refractivity contribution in [2.45, 2.75) is 13.3 Å². The number of hydrogen-bond acceptors (Lipinski definition) is 3. The van der Waals surface area contributed by atoms with Crippen molar-refractivity contribution in [3.63, 3.8) is 0 Å². The van der Waals surface area contributed by atoms with Crippen LogP contribution in [-0.2, 0) is 13.5 Å². The summed E-state index contributed by atoms with van der Waals surface area (Å²) in [7, 11) is 1.69. The van der Waals surface area contributed by atoms with Gasteiger partial charge >= 0.3 is 5.97 Å². The molecule has 0 spiro atoms. The summed E-state index contributed by atoms with van der Waals surface area (Å²) in [5.41, 5.74) is 1.66. The van der Waals surface area contributed by atoms with Crippen LogP contribution in [0.2, 0.25) is 5.02 Å². The number of nitrogens with one attached hydrogen (secondary N) is 1. The number of benzene rings is 1. The van der Waals surface area contributed by atoms with Gasteiger partial charge in [0, 0.05) is 12.7 Å². The van der Waals surface area contributed by atoms with Gasteiger partial charge in [-0.25, -0.2) is 4.79 Å². The third kappa shape index (κ3) is 3.22. The van der Waals surface area contributed by atoms with Crippen molar-refractivity contribution >= 4 is 29.2 Å². The third-order valence-corrected chi connectivity index (χ3v) is 3.30. The highest BCUT2D eigenvalue weighted by atomic mass is 35.5. The van der Waals surface area contributed by atoms with Crippen molar-refractivity contribution in [2.24, 2.45) is 7.05 Å². The van der Waals surface area contributed by atoms with Gasteiger partial charge in [0.05, 0.1) is 16.3 Å². The minimum atomic E-state index is -1.11. The lowest BCUT2D eigenvalue weighted by Crippen LogP contribution is -2.16. The van der Waals surface area contributed by atoms with Crippen LogP contribution < -0.4 is 5.32 Å². The van der Waals surface area contributed by atoms with Crippen LogP contribution in [0.5, 0.6) is 0 Å². The predicted octanol–water partition coefficient (Wildman–Crippen LogP) is 2.59. The Kier molecular flexibility index (Phi) is 4.28. The molecule has 0 aliphatic rings. The van der Waals surface area contributed by atoms with Gasteiger partial charge in [-0.2, -0.15) is 5.10 Å². The molecule has 21 heavy (non-hydrogen) atoms. The molecule has 0 bridgehead atoms. The van der Waals surface area contributed by atoms with E-state index in [0.717, 1.165) is 12.1 Å². The molecule has 0 aliphatic heterocycles. The molecular weight excluding hydrogens is 294 g/mol. The molecule has 0 radical (unpaired) electrons. The number of carboxylic acids is 1. The number of carbonyl (C=O) groups is 2. The summed E-state index contributed by atoms with van der Waals surface area (Å²) in [6, 6.07) is 5.95. The summed E-state index contributed by atoms with van der Waals surface area (Å²) < 4.78 is 1.50. The normalized spacial score (nSPS) is 10.4. The van der Waals surface area contributed by atoms with Crippen LogP contribution in [0.1, 0.15) is 33.5 Å². The van der Waals surface area contributed by atoms with E-state index in [1.165, 1.54) is 22.9 Å². The number of carboxylic acid groups (broad SMARTS) is 1. The molecule has 1 aromatic carbocycles. The molecule has 0 saturated carbocycles. The van der Waals surface area contributed by atoms with Gasteiger partial charge in [-0.15, -0.1) is 0 Å². The van der Waals surface area contributed by atoms with E-state index in [9.17, 15) is 9.59 Å². The van der Waals surface area contributed by atoms with Gasteiger partial charge in [0.2, 0.25) is 0 Å². The van der Waals surface area contributed by atoms with E-state index < -0.39 is 5.97 Å². The molecule has 0 atom stereocenters. The van der Waals surface area contributed by atoms with Gasteiger partial charge in [-0.3, -0.25) is 9.48 Å². The smallest absolute Gasteiger partial charge is 0.337 e. The summed E-state index contributed by atoms with van der Waals surface area (Å²) in [6.07, 6.45) is 0.736. The summed E-state index contributed by atoms with van der Waals surface area (Å²) in [4.78, 5) is 23.0. The average molecular weight is 308 g/mol. The van der Waals surface area contributed by atoms with E-state index in [1.54, 1.807) is 13.1 Å². The maximum atomic E-state index is 12.2. The van der Waals surface area contributed by atoms with Crippen molar-refractivity contribution < 1.29 is 14.7 Å². The molecule has 1 aromatic heterocycles. The second-order valence-electron chi connectivity index (χ2n) is 4.45. The Bertz CT molecular complexity index is 709. The number of halogens is 1. The largest absolute Gasteiger partial charge is 0.478 e. The topological polar surface area (TPSA) is 84.2 Å².